The number of carbonyl (C=O) groups excluding carboxylic acids is 2. The third-order valence-corrected chi connectivity index (χ3v) is 2.35. The van der Waals surface area contributed by atoms with Crippen molar-refractivity contribution in [1.29, 1.82) is 0 Å². The van der Waals surface area contributed by atoms with Crippen molar-refractivity contribution in [3.05, 3.63) is 30.3 Å². The van der Waals surface area contributed by atoms with Crippen molar-refractivity contribution in [3.8, 4) is 0 Å². The first-order chi connectivity index (χ1) is 8.15. The molecule has 0 bridgehead atoms. The van der Waals surface area contributed by atoms with E-state index in [9.17, 15) is 9.59 Å². The Morgan fingerprint density at radius 1 is 1.06 bits per heavy atom. The number of likely N-dealkylation sites (N-methyl/N-ethyl adjacent to an activating group) is 1. The van der Waals surface area contributed by atoms with E-state index in [2.05, 4.69) is 0 Å². The summed E-state index contributed by atoms with van der Waals surface area (Å²) in [5, 5.41) is 0. The smallest absolute Gasteiger partial charge is 0.494 e. The number of rotatable bonds is 1. The van der Waals surface area contributed by atoms with Crippen molar-refractivity contribution in [2.45, 2.75) is 0 Å². The molecule has 1 aliphatic heterocycles. The van der Waals surface area contributed by atoms with Crippen LogP contribution >= 0.6 is 0 Å². The average molecular weight is 233 g/mol. The molecule has 1 fully saturated rings. The molecule has 1 aromatic carbocycles. The highest BCUT2D eigenvalue weighted by molar-refractivity contribution is 6.64. The molecule has 17 heavy (non-hydrogen) atoms. The zero-order chi connectivity index (χ0) is 12.3. The zero-order valence-corrected chi connectivity index (χ0v) is 9.46. The van der Waals surface area contributed by atoms with Crippen LogP contribution in [0.15, 0.2) is 30.3 Å². The second kappa shape index (κ2) is 5.01. The first-order valence-corrected chi connectivity index (χ1v) is 5.27. The molecule has 1 heterocycles. The summed E-state index contributed by atoms with van der Waals surface area (Å²) in [5.74, 6) is -0.817. The number of benzene rings is 1. The second-order valence-electron chi connectivity index (χ2n) is 3.89. The summed E-state index contributed by atoms with van der Waals surface area (Å²) in [4.78, 5) is 24.5. The summed E-state index contributed by atoms with van der Waals surface area (Å²) in [7, 11) is 0.718. The maximum absolute atomic E-state index is 11.5. The highest BCUT2D eigenvalue weighted by Gasteiger charge is 2.33. The van der Waals surface area contributed by atoms with Gasteiger partial charge in [0.1, 0.15) is 0 Å². The van der Waals surface area contributed by atoms with Gasteiger partial charge < -0.3 is 9.31 Å². The van der Waals surface area contributed by atoms with E-state index in [1.54, 1.807) is 36.2 Å². The Hall–Kier alpha value is -1.82. The van der Waals surface area contributed by atoms with Crippen molar-refractivity contribution in [2.75, 3.05) is 20.1 Å². The van der Waals surface area contributed by atoms with Crippen LogP contribution < -0.4 is 5.46 Å². The van der Waals surface area contributed by atoms with Crippen LogP contribution in [0.3, 0.4) is 0 Å². The molecule has 0 unspecified atom stereocenters. The summed E-state index contributed by atoms with van der Waals surface area (Å²) >= 11 is 0. The molecule has 6 heteroatoms. The van der Waals surface area contributed by atoms with Crippen molar-refractivity contribution >= 4 is 24.5 Å². The van der Waals surface area contributed by atoms with Crippen molar-refractivity contribution in [1.82, 2.24) is 4.90 Å². The van der Waals surface area contributed by atoms with E-state index in [1.807, 2.05) is 6.07 Å². The molecule has 0 amide bonds. The maximum atomic E-state index is 11.5. The van der Waals surface area contributed by atoms with E-state index >= 15 is 0 Å². The zero-order valence-electron chi connectivity index (χ0n) is 9.46. The molecule has 2 rings (SSSR count). The molecule has 1 aromatic rings. The van der Waals surface area contributed by atoms with Gasteiger partial charge in [0.05, 0.1) is 13.1 Å². The molecule has 0 radical (unpaired) electrons. The molecule has 0 atom stereocenters. The molecule has 0 spiro atoms. The quantitative estimate of drug-likeness (QED) is 0.607. The van der Waals surface area contributed by atoms with Gasteiger partial charge >= 0.3 is 19.1 Å². The molecule has 0 N–H and O–H groups in total. The number of carbonyl (C=O) groups is 2. The summed E-state index contributed by atoms with van der Waals surface area (Å²) in [6.45, 7) is 0.164. The Balaban J connectivity index is 2.17. The Bertz CT molecular complexity index is 403. The summed E-state index contributed by atoms with van der Waals surface area (Å²) < 4.78 is 10.2. The number of hydrogen-bond donors (Lipinski definition) is 0. The lowest BCUT2D eigenvalue weighted by molar-refractivity contribution is -0.145. The van der Waals surface area contributed by atoms with Gasteiger partial charge in [-0.1, -0.05) is 30.3 Å². The minimum Gasteiger partial charge on any atom is -0.494 e. The molecule has 0 aliphatic carbocycles. The Morgan fingerprint density at radius 3 is 2.12 bits per heavy atom. The summed E-state index contributed by atoms with van der Waals surface area (Å²) in [5.41, 5.74) is 0.652. The van der Waals surface area contributed by atoms with Crippen molar-refractivity contribution in [3.63, 3.8) is 0 Å². The third kappa shape index (κ3) is 3.07. The van der Waals surface area contributed by atoms with E-state index in [0.29, 0.717) is 5.46 Å². The minimum absolute atomic E-state index is 0.0818. The molecule has 0 saturated carbocycles. The fourth-order valence-corrected chi connectivity index (χ4v) is 1.58. The van der Waals surface area contributed by atoms with E-state index < -0.39 is 19.1 Å². The van der Waals surface area contributed by atoms with E-state index in [1.165, 1.54) is 0 Å². The average Bonchev–Trinajstić information content (AvgIpc) is 2.27. The van der Waals surface area contributed by atoms with Crippen LogP contribution in [0, 0.1) is 0 Å². The number of nitrogens with zero attached hydrogens (tertiary/aromatic N) is 1. The van der Waals surface area contributed by atoms with Crippen molar-refractivity contribution < 1.29 is 18.9 Å². The van der Waals surface area contributed by atoms with Gasteiger partial charge in [-0.25, -0.2) is 0 Å². The third-order valence-electron chi connectivity index (χ3n) is 2.35. The lowest BCUT2D eigenvalue weighted by atomic mass is 9.78. The van der Waals surface area contributed by atoms with Crippen LogP contribution in [0.25, 0.3) is 0 Å². The van der Waals surface area contributed by atoms with E-state index in [-0.39, 0.29) is 13.1 Å². The van der Waals surface area contributed by atoms with Crippen molar-refractivity contribution in [2.24, 2.45) is 0 Å². The molecular weight excluding hydrogens is 221 g/mol. The van der Waals surface area contributed by atoms with Gasteiger partial charge in [0.2, 0.25) is 0 Å². The highest BCUT2D eigenvalue weighted by Crippen LogP contribution is 2.00. The molecule has 5 nitrogen and oxygen atoms in total. The van der Waals surface area contributed by atoms with E-state index in [4.69, 9.17) is 9.31 Å². The van der Waals surface area contributed by atoms with E-state index in [0.717, 1.165) is 0 Å². The van der Waals surface area contributed by atoms with Crippen LogP contribution in [0.5, 0.6) is 0 Å². The van der Waals surface area contributed by atoms with Gasteiger partial charge in [-0.3, -0.25) is 14.5 Å². The standard InChI is InChI=1S/C11H12BNO4/c1-13-7-10(14)16-12(17-11(15)8-13)9-5-3-2-4-6-9/h2-6H,7-8H2,1H3. The second-order valence-corrected chi connectivity index (χ2v) is 3.89. The first kappa shape index (κ1) is 11.7. The predicted molar refractivity (Wildman–Crippen MR) is 61.5 cm³/mol. The Morgan fingerprint density at radius 2 is 1.59 bits per heavy atom. The predicted octanol–water partition coefficient (Wildman–Crippen LogP) is -0.586. The maximum Gasteiger partial charge on any atom is 0.636 e. The van der Waals surface area contributed by atoms with Gasteiger partial charge in [-0.15, -0.1) is 0 Å². The lowest BCUT2D eigenvalue weighted by Crippen LogP contribution is -2.47. The number of hydrogen-bond acceptors (Lipinski definition) is 5. The van der Waals surface area contributed by atoms with Gasteiger partial charge in [-0.05, 0) is 7.05 Å². The van der Waals surface area contributed by atoms with Crippen LogP contribution in [-0.2, 0) is 18.9 Å². The SMILES string of the molecule is CN1CC(=O)OB(c2ccccc2)OC(=O)C1. The molecule has 1 aliphatic rings. The summed E-state index contributed by atoms with van der Waals surface area (Å²) in [6, 6.07) is 8.92. The fraction of sp³-hybridized carbons (Fsp3) is 0.273. The van der Waals surface area contributed by atoms with Crippen LogP contribution in [0.4, 0.5) is 0 Å². The summed E-state index contributed by atoms with van der Waals surface area (Å²) in [6.07, 6.45) is 0. The highest BCUT2D eigenvalue weighted by atomic mass is 16.6. The Kier molecular flexibility index (Phi) is 3.44. The van der Waals surface area contributed by atoms with Gasteiger partial charge in [0.25, 0.3) is 0 Å². The van der Waals surface area contributed by atoms with Gasteiger partial charge in [0.15, 0.2) is 0 Å². The molecular formula is C11H12BNO4. The first-order valence-electron chi connectivity index (χ1n) is 5.27. The Labute approximate surface area is 99.5 Å². The van der Waals surface area contributed by atoms with Gasteiger partial charge in [-0.2, -0.15) is 0 Å². The largest absolute Gasteiger partial charge is 0.636 e. The monoisotopic (exact) mass is 233 g/mol. The minimum atomic E-state index is -0.940. The van der Waals surface area contributed by atoms with Gasteiger partial charge in [0, 0.05) is 5.46 Å². The topological polar surface area (TPSA) is 55.8 Å². The normalized spacial score (nSPS) is 18.1. The molecule has 1 saturated heterocycles. The van der Waals surface area contributed by atoms with Crippen LogP contribution in [-0.4, -0.2) is 44.1 Å². The molecule has 0 aromatic heterocycles. The van der Waals surface area contributed by atoms with Crippen LogP contribution in [0.2, 0.25) is 0 Å². The lowest BCUT2D eigenvalue weighted by Gasteiger charge is -2.22. The fourth-order valence-electron chi connectivity index (χ4n) is 1.58. The molecule has 88 valence electrons. The van der Waals surface area contributed by atoms with Crippen LogP contribution in [0.1, 0.15) is 0 Å².